The number of carboxylic acid groups (broad SMARTS) is 1. The lowest BCUT2D eigenvalue weighted by molar-refractivity contribution is -0.292. The normalized spacial score (nSPS) is 51.6. The van der Waals surface area contributed by atoms with Crippen molar-refractivity contribution in [3.63, 3.8) is 0 Å². The fourth-order valence-corrected chi connectivity index (χ4v) is 9.03. The highest BCUT2D eigenvalue weighted by Gasteiger charge is 2.64. The molecule has 0 bridgehead atoms. The van der Waals surface area contributed by atoms with Gasteiger partial charge in [0.2, 0.25) is 0 Å². The van der Waals surface area contributed by atoms with Crippen molar-refractivity contribution in [2.24, 2.45) is 40.4 Å². The SMILES string of the molecule is C[C@]12CC[C@@H](O)C[C@@H]1CC[C@H]1[C@@H]3CC[C@H](C(=O)CO[C@@H]4O[C@H](C(=O)O)[C@@H](O)[C@H](O)[C@H]4O)[C@@]3(C)CC(=O)[C@@H]12. The van der Waals surface area contributed by atoms with E-state index in [0.29, 0.717) is 18.8 Å². The van der Waals surface area contributed by atoms with Crippen LogP contribution < -0.4 is 0 Å². The summed E-state index contributed by atoms with van der Waals surface area (Å²) < 4.78 is 10.6. The lowest BCUT2D eigenvalue weighted by atomic mass is 9.44. The van der Waals surface area contributed by atoms with Crippen molar-refractivity contribution in [1.29, 1.82) is 0 Å². The number of aliphatic hydroxyl groups is 4. The Kier molecular flexibility index (Phi) is 7.07. The second-order valence-corrected chi connectivity index (χ2v) is 12.7. The zero-order valence-corrected chi connectivity index (χ0v) is 21.5. The minimum absolute atomic E-state index is 0.0337. The molecule has 0 radical (unpaired) electrons. The molecule has 5 aliphatic rings. The van der Waals surface area contributed by atoms with Gasteiger partial charge < -0.3 is 35.0 Å². The molecule has 0 spiro atoms. The van der Waals surface area contributed by atoms with Crippen molar-refractivity contribution in [2.75, 3.05) is 6.61 Å². The van der Waals surface area contributed by atoms with Gasteiger partial charge in [0, 0.05) is 18.3 Å². The van der Waals surface area contributed by atoms with Crippen LogP contribution in [0.3, 0.4) is 0 Å². The number of aliphatic carboxylic acids is 1. The van der Waals surface area contributed by atoms with Crippen LogP contribution in [0, 0.1) is 40.4 Å². The standard InChI is InChI=1S/C27H40O10/c1-26-8-7-13(28)9-12(26)3-4-14-15-5-6-16(27(15,2)10-17(29)19(14)26)18(30)11-36-25-22(33)20(31)21(32)23(37-25)24(34)35/h12-16,19-23,25,28,31-33H,3-11H2,1-2H3,(H,34,35)/t12-,13+,14-,15-,16+,19+,20-,21-,22+,23-,25+,26-,27-/m0/s1. The number of ketones is 2. The third-order valence-corrected chi connectivity index (χ3v) is 10.9. The van der Waals surface area contributed by atoms with E-state index in [0.717, 1.165) is 38.5 Å². The van der Waals surface area contributed by atoms with Crippen LogP contribution in [-0.4, -0.2) is 86.5 Å². The molecule has 0 aromatic carbocycles. The van der Waals surface area contributed by atoms with Crippen molar-refractivity contribution in [3.05, 3.63) is 0 Å². The summed E-state index contributed by atoms with van der Waals surface area (Å²) in [5, 5.41) is 49.5. The first-order chi connectivity index (χ1) is 17.4. The van der Waals surface area contributed by atoms with Crippen LogP contribution in [0.1, 0.15) is 65.2 Å². The molecule has 0 aromatic heterocycles. The molecule has 1 saturated heterocycles. The number of fused-ring (bicyclic) bond motifs is 5. The van der Waals surface area contributed by atoms with Gasteiger partial charge in [0.25, 0.3) is 0 Å². The Morgan fingerprint density at radius 3 is 2.41 bits per heavy atom. The quantitative estimate of drug-likeness (QED) is 0.344. The highest BCUT2D eigenvalue weighted by Crippen LogP contribution is 2.66. The van der Waals surface area contributed by atoms with Crippen LogP contribution >= 0.6 is 0 Å². The van der Waals surface area contributed by atoms with Crippen molar-refractivity contribution >= 4 is 17.5 Å². The van der Waals surface area contributed by atoms with Gasteiger partial charge in [-0.2, -0.15) is 0 Å². The van der Waals surface area contributed by atoms with Crippen LogP contribution in [-0.2, 0) is 23.9 Å². The van der Waals surface area contributed by atoms with Gasteiger partial charge in [0.05, 0.1) is 6.10 Å². The van der Waals surface area contributed by atoms with E-state index >= 15 is 0 Å². The molecule has 0 amide bonds. The maximum Gasteiger partial charge on any atom is 0.335 e. The predicted molar refractivity (Wildman–Crippen MR) is 127 cm³/mol. The summed E-state index contributed by atoms with van der Waals surface area (Å²) in [6, 6.07) is 0. The summed E-state index contributed by atoms with van der Waals surface area (Å²) in [6.45, 7) is 3.81. The van der Waals surface area contributed by atoms with E-state index in [1.165, 1.54) is 0 Å². The summed E-state index contributed by atoms with van der Waals surface area (Å²) in [4.78, 5) is 38.5. The minimum atomic E-state index is -1.83. The summed E-state index contributed by atoms with van der Waals surface area (Å²) >= 11 is 0. The highest BCUT2D eigenvalue weighted by molar-refractivity contribution is 5.88. The van der Waals surface area contributed by atoms with Crippen LogP contribution in [0.5, 0.6) is 0 Å². The molecular weight excluding hydrogens is 484 g/mol. The molecule has 5 N–H and O–H groups in total. The molecule has 13 atom stereocenters. The fourth-order valence-electron chi connectivity index (χ4n) is 9.03. The van der Waals surface area contributed by atoms with Gasteiger partial charge in [-0.3, -0.25) is 9.59 Å². The lowest BCUT2D eigenvalue weighted by Crippen LogP contribution is -2.60. The molecule has 10 heteroatoms. The van der Waals surface area contributed by atoms with E-state index in [2.05, 4.69) is 6.92 Å². The molecule has 0 aromatic rings. The highest BCUT2D eigenvalue weighted by atomic mass is 16.7. The maximum atomic E-state index is 13.7. The predicted octanol–water partition coefficient (Wildman–Crippen LogP) is 0.663. The van der Waals surface area contributed by atoms with E-state index < -0.39 is 54.6 Å². The van der Waals surface area contributed by atoms with Gasteiger partial charge in [-0.05, 0) is 73.5 Å². The average Bonchev–Trinajstić information content (AvgIpc) is 3.18. The number of rotatable bonds is 5. The first-order valence-electron chi connectivity index (χ1n) is 13.7. The van der Waals surface area contributed by atoms with E-state index in [-0.39, 0.29) is 40.8 Å². The maximum absolute atomic E-state index is 13.7. The Balaban J connectivity index is 1.28. The molecule has 37 heavy (non-hydrogen) atoms. The van der Waals surface area contributed by atoms with Gasteiger partial charge >= 0.3 is 5.97 Å². The molecular formula is C27H40O10. The Morgan fingerprint density at radius 1 is 0.973 bits per heavy atom. The lowest BCUT2D eigenvalue weighted by Gasteiger charge is -2.59. The van der Waals surface area contributed by atoms with Crippen LogP contribution in [0.4, 0.5) is 0 Å². The van der Waals surface area contributed by atoms with Gasteiger partial charge in [-0.25, -0.2) is 4.79 Å². The number of Topliss-reactive ketones (excluding diaryl/α,β-unsaturated/α-hetero) is 2. The zero-order chi connectivity index (χ0) is 26.9. The van der Waals surface area contributed by atoms with Crippen molar-refractivity contribution in [1.82, 2.24) is 0 Å². The summed E-state index contributed by atoms with van der Waals surface area (Å²) in [5.74, 6) is -1.17. The van der Waals surface area contributed by atoms with Crippen LogP contribution in [0.15, 0.2) is 0 Å². The topological polar surface area (TPSA) is 171 Å². The third kappa shape index (κ3) is 4.28. The summed E-state index contributed by atoms with van der Waals surface area (Å²) in [7, 11) is 0. The monoisotopic (exact) mass is 524 g/mol. The van der Waals surface area contributed by atoms with Crippen LogP contribution in [0.2, 0.25) is 0 Å². The molecule has 0 unspecified atom stereocenters. The Morgan fingerprint density at radius 2 is 1.70 bits per heavy atom. The van der Waals surface area contributed by atoms with Gasteiger partial charge in [0.1, 0.15) is 30.7 Å². The molecule has 4 aliphatic carbocycles. The molecule has 10 nitrogen and oxygen atoms in total. The Hall–Kier alpha value is -1.43. The number of ether oxygens (including phenoxy) is 2. The first-order valence-corrected chi connectivity index (χ1v) is 13.7. The van der Waals surface area contributed by atoms with Crippen molar-refractivity contribution in [2.45, 2.75) is 102 Å². The Labute approximate surface area is 216 Å². The number of carbonyl (C=O) groups is 3. The molecule has 5 fully saturated rings. The second-order valence-electron chi connectivity index (χ2n) is 12.7. The smallest absolute Gasteiger partial charge is 0.335 e. The first kappa shape index (κ1) is 27.1. The molecule has 4 saturated carbocycles. The Bertz CT molecular complexity index is 938. The van der Waals surface area contributed by atoms with E-state index in [1.54, 1.807) is 0 Å². The molecule has 1 aliphatic heterocycles. The van der Waals surface area contributed by atoms with Gasteiger partial charge in [0.15, 0.2) is 18.2 Å². The minimum Gasteiger partial charge on any atom is -0.479 e. The fraction of sp³-hybridized carbons (Fsp3) is 0.889. The molecule has 208 valence electrons. The number of hydrogen-bond donors (Lipinski definition) is 5. The number of hydrogen-bond acceptors (Lipinski definition) is 9. The van der Waals surface area contributed by atoms with Crippen molar-refractivity contribution in [3.8, 4) is 0 Å². The van der Waals surface area contributed by atoms with E-state index in [4.69, 9.17) is 9.47 Å². The summed E-state index contributed by atoms with van der Waals surface area (Å²) in [6.07, 6.45) is -2.93. The summed E-state index contributed by atoms with van der Waals surface area (Å²) in [5.41, 5.74) is -0.603. The second kappa shape index (κ2) is 9.64. The van der Waals surface area contributed by atoms with Crippen LogP contribution in [0.25, 0.3) is 0 Å². The van der Waals surface area contributed by atoms with Crippen molar-refractivity contribution < 1.29 is 49.4 Å². The number of aliphatic hydroxyl groups excluding tert-OH is 4. The number of carbonyl (C=O) groups excluding carboxylic acids is 2. The zero-order valence-electron chi connectivity index (χ0n) is 21.5. The van der Waals surface area contributed by atoms with Gasteiger partial charge in [-0.15, -0.1) is 0 Å². The van der Waals surface area contributed by atoms with E-state index in [1.807, 2.05) is 6.92 Å². The van der Waals surface area contributed by atoms with E-state index in [9.17, 15) is 39.9 Å². The molecule has 5 rings (SSSR count). The molecule has 1 heterocycles. The largest absolute Gasteiger partial charge is 0.479 e. The average molecular weight is 525 g/mol. The third-order valence-electron chi connectivity index (χ3n) is 10.9. The number of carboxylic acids is 1. The van der Waals surface area contributed by atoms with Gasteiger partial charge in [-0.1, -0.05) is 13.8 Å².